The van der Waals surface area contributed by atoms with Gasteiger partial charge in [0, 0.05) is 12.4 Å². The van der Waals surface area contributed by atoms with Crippen molar-refractivity contribution in [1.29, 1.82) is 0 Å². The first-order valence-corrected chi connectivity index (χ1v) is 9.20. The number of benzene rings is 1. The van der Waals surface area contributed by atoms with Crippen LogP contribution < -0.4 is 4.72 Å². The Kier molecular flexibility index (Phi) is 4.64. The molecule has 1 aliphatic carbocycles. The molecular weight excluding hydrogens is 328 g/mol. The van der Waals surface area contributed by atoms with E-state index in [4.69, 9.17) is 0 Å². The first-order valence-electron chi connectivity index (χ1n) is 7.65. The number of nitrogens with zero attached hydrogens (tertiary/aromatic N) is 1. The molecule has 0 spiro atoms. The number of carboxylic acid groups (broad SMARTS) is 1. The van der Waals surface area contributed by atoms with Gasteiger partial charge in [-0.1, -0.05) is 24.3 Å². The summed E-state index contributed by atoms with van der Waals surface area (Å²) in [4.78, 5) is 15.3. The summed E-state index contributed by atoms with van der Waals surface area (Å²) >= 11 is 0. The van der Waals surface area contributed by atoms with Gasteiger partial charge in [-0.05, 0) is 48.1 Å². The maximum absolute atomic E-state index is 12.6. The van der Waals surface area contributed by atoms with Crippen LogP contribution in [0.25, 0.3) is 0 Å². The number of hydrogen-bond acceptors (Lipinski definition) is 4. The average molecular weight is 346 g/mol. The zero-order chi connectivity index (χ0) is 17.2. The molecule has 1 heterocycles. The van der Waals surface area contributed by atoms with Crippen LogP contribution in [0, 0.1) is 0 Å². The van der Waals surface area contributed by atoms with Crippen LogP contribution in [-0.4, -0.2) is 35.8 Å². The Balaban J connectivity index is 1.74. The third-order valence-electron chi connectivity index (χ3n) is 4.25. The third kappa shape index (κ3) is 3.63. The lowest BCUT2D eigenvalue weighted by Crippen LogP contribution is -2.46. The number of carbonyl (C=O) groups is 1. The number of fused-ring (bicyclic) bond motifs is 1. The Hall–Kier alpha value is -2.25. The van der Waals surface area contributed by atoms with Crippen LogP contribution in [-0.2, 0) is 34.1 Å². The van der Waals surface area contributed by atoms with Crippen molar-refractivity contribution < 1.29 is 18.3 Å². The Bertz CT molecular complexity index is 812. The second-order valence-corrected chi connectivity index (χ2v) is 7.90. The second-order valence-electron chi connectivity index (χ2n) is 5.91. The van der Waals surface area contributed by atoms with Crippen LogP contribution >= 0.6 is 0 Å². The number of rotatable bonds is 6. The van der Waals surface area contributed by atoms with E-state index in [0.29, 0.717) is 12.8 Å². The summed E-state index contributed by atoms with van der Waals surface area (Å²) in [5.41, 5.74) is 2.73. The topological polar surface area (TPSA) is 96.4 Å². The molecule has 1 aromatic heterocycles. The third-order valence-corrected chi connectivity index (χ3v) is 6.07. The fraction of sp³-hybridized carbons (Fsp3) is 0.294. The number of aliphatic carboxylic acids is 1. The minimum absolute atomic E-state index is 0.0801. The van der Waals surface area contributed by atoms with Crippen LogP contribution in [0.5, 0.6) is 0 Å². The van der Waals surface area contributed by atoms with Gasteiger partial charge in [0.2, 0.25) is 10.0 Å². The Morgan fingerprint density at radius 1 is 1.17 bits per heavy atom. The van der Waals surface area contributed by atoms with E-state index in [9.17, 15) is 18.3 Å². The zero-order valence-corrected chi connectivity index (χ0v) is 13.7. The van der Waals surface area contributed by atoms with E-state index in [-0.39, 0.29) is 6.42 Å². The van der Waals surface area contributed by atoms with Crippen LogP contribution in [0.1, 0.15) is 16.7 Å². The molecule has 2 aromatic rings. The molecule has 0 radical (unpaired) electrons. The summed E-state index contributed by atoms with van der Waals surface area (Å²) in [6, 6.07) is 9.74. The molecule has 6 nitrogen and oxygen atoms in total. The van der Waals surface area contributed by atoms with E-state index in [0.717, 1.165) is 16.7 Å². The van der Waals surface area contributed by atoms with Gasteiger partial charge in [0.15, 0.2) is 0 Å². The number of nitrogens with one attached hydrogen (secondary N) is 1. The number of pyridine rings is 1. The maximum Gasteiger partial charge on any atom is 0.322 e. The molecule has 1 aliphatic rings. The van der Waals surface area contributed by atoms with Gasteiger partial charge in [-0.2, -0.15) is 0 Å². The van der Waals surface area contributed by atoms with Gasteiger partial charge < -0.3 is 5.11 Å². The molecule has 0 bridgehead atoms. The zero-order valence-electron chi connectivity index (χ0n) is 12.9. The van der Waals surface area contributed by atoms with E-state index >= 15 is 0 Å². The SMILES string of the molecule is O=C(O)C(Cc1ccncc1)NS(=O)(=O)C1Cc2ccccc2C1. The highest BCUT2D eigenvalue weighted by molar-refractivity contribution is 7.90. The van der Waals surface area contributed by atoms with E-state index in [2.05, 4.69) is 9.71 Å². The highest BCUT2D eigenvalue weighted by Crippen LogP contribution is 2.26. The average Bonchev–Trinajstić information content (AvgIpc) is 3.00. The monoisotopic (exact) mass is 346 g/mol. The fourth-order valence-electron chi connectivity index (χ4n) is 2.97. The van der Waals surface area contributed by atoms with E-state index in [1.165, 1.54) is 0 Å². The Labute approximate surface area is 140 Å². The first-order chi connectivity index (χ1) is 11.5. The second kappa shape index (κ2) is 6.70. The van der Waals surface area contributed by atoms with Crippen LogP contribution in [0.3, 0.4) is 0 Å². The highest BCUT2D eigenvalue weighted by atomic mass is 32.2. The lowest BCUT2D eigenvalue weighted by molar-refractivity contribution is -0.138. The van der Waals surface area contributed by atoms with Crippen molar-refractivity contribution in [3.63, 3.8) is 0 Å². The summed E-state index contributed by atoms with van der Waals surface area (Å²) < 4.78 is 27.6. The molecule has 0 saturated carbocycles. The summed E-state index contributed by atoms with van der Waals surface area (Å²) in [6.45, 7) is 0. The molecule has 0 aliphatic heterocycles. The predicted octanol–water partition coefficient (Wildman–Crippen LogP) is 1.16. The van der Waals surface area contributed by atoms with E-state index < -0.39 is 27.3 Å². The minimum atomic E-state index is -3.74. The lowest BCUT2D eigenvalue weighted by atomic mass is 10.1. The van der Waals surface area contributed by atoms with Crippen molar-refractivity contribution in [2.75, 3.05) is 0 Å². The standard InChI is InChI=1S/C17H18N2O4S/c20-17(21)16(9-12-5-7-18-8-6-12)19-24(22,23)15-10-13-3-1-2-4-14(13)11-15/h1-8,15-16,19H,9-11H2,(H,20,21). The fourth-order valence-corrected chi connectivity index (χ4v) is 4.54. The number of sulfonamides is 1. The van der Waals surface area contributed by atoms with Crippen molar-refractivity contribution in [3.05, 3.63) is 65.5 Å². The molecule has 1 unspecified atom stereocenters. The molecule has 1 aromatic carbocycles. The van der Waals surface area contributed by atoms with Crippen LogP contribution in [0.2, 0.25) is 0 Å². The summed E-state index contributed by atoms with van der Waals surface area (Å²) in [5.74, 6) is -1.19. The van der Waals surface area contributed by atoms with Gasteiger partial charge in [-0.25, -0.2) is 13.1 Å². The van der Waals surface area contributed by atoms with Gasteiger partial charge in [-0.15, -0.1) is 0 Å². The van der Waals surface area contributed by atoms with Crippen LogP contribution in [0.15, 0.2) is 48.8 Å². The molecule has 126 valence electrons. The predicted molar refractivity (Wildman–Crippen MR) is 89.1 cm³/mol. The summed E-state index contributed by atoms with van der Waals surface area (Å²) in [5, 5.41) is 8.74. The minimum Gasteiger partial charge on any atom is -0.480 e. The summed E-state index contributed by atoms with van der Waals surface area (Å²) in [7, 11) is -3.74. The molecule has 3 rings (SSSR count). The van der Waals surface area contributed by atoms with Crippen molar-refractivity contribution >= 4 is 16.0 Å². The van der Waals surface area contributed by atoms with Crippen molar-refractivity contribution in [3.8, 4) is 0 Å². The molecule has 0 saturated heterocycles. The van der Waals surface area contributed by atoms with E-state index in [1.54, 1.807) is 24.5 Å². The molecule has 7 heteroatoms. The number of hydrogen-bond donors (Lipinski definition) is 2. The smallest absolute Gasteiger partial charge is 0.322 e. The molecule has 1 atom stereocenters. The molecule has 24 heavy (non-hydrogen) atoms. The largest absolute Gasteiger partial charge is 0.480 e. The maximum atomic E-state index is 12.6. The lowest BCUT2D eigenvalue weighted by Gasteiger charge is -2.18. The summed E-state index contributed by atoms with van der Waals surface area (Å²) in [6.07, 6.45) is 4.00. The molecule has 2 N–H and O–H groups in total. The van der Waals surface area contributed by atoms with Gasteiger partial charge in [0.1, 0.15) is 6.04 Å². The van der Waals surface area contributed by atoms with Gasteiger partial charge in [0.25, 0.3) is 0 Å². The normalized spacial score (nSPS) is 15.8. The Morgan fingerprint density at radius 2 is 1.75 bits per heavy atom. The molecule has 0 amide bonds. The van der Waals surface area contributed by atoms with Crippen molar-refractivity contribution in [2.24, 2.45) is 0 Å². The van der Waals surface area contributed by atoms with Crippen molar-refractivity contribution in [2.45, 2.75) is 30.6 Å². The molecule has 0 fully saturated rings. The van der Waals surface area contributed by atoms with Crippen molar-refractivity contribution in [1.82, 2.24) is 9.71 Å². The van der Waals surface area contributed by atoms with Gasteiger partial charge in [-0.3, -0.25) is 9.78 Å². The number of carboxylic acids is 1. The highest BCUT2D eigenvalue weighted by Gasteiger charge is 2.35. The molecular formula is C17H18N2O4S. The first kappa shape index (κ1) is 16.6. The van der Waals surface area contributed by atoms with Gasteiger partial charge in [0.05, 0.1) is 5.25 Å². The Morgan fingerprint density at radius 3 is 2.29 bits per heavy atom. The van der Waals surface area contributed by atoms with E-state index in [1.807, 2.05) is 24.3 Å². The van der Waals surface area contributed by atoms with Crippen LogP contribution in [0.4, 0.5) is 0 Å². The quantitative estimate of drug-likeness (QED) is 0.818. The number of aromatic nitrogens is 1. The van der Waals surface area contributed by atoms with Gasteiger partial charge >= 0.3 is 5.97 Å².